The monoisotopic (exact) mass is 361 g/mol. The van der Waals surface area contributed by atoms with E-state index in [0.717, 1.165) is 19.3 Å². The van der Waals surface area contributed by atoms with Crippen LogP contribution in [-0.2, 0) is 9.59 Å². The number of carbonyl (C=O) groups is 2. The van der Waals surface area contributed by atoms with Gasteiger partial charge < -0.3 is 15.7 Å². The molecule has 1 atom stereocenters. The largest absolute Gasteiger partial charge is 0.503 e. The van der Waals surface area contributed by atoms with Crippen LogP contribution in [0.5, 0.6) is 0 Å². The molecule has 8 nitrogen and oxygen atoms in total. The number of ketones is 1. The molecule has 1 heterocycles. The molecule has 0 bridgehead atoms. The number of nitro groups is 1. The molecule has 140 valence electrons. The van der Waals surface area contributed by atoms with Gasteiger partial charge in [0.2, 0.25) is 0 Å². The van der Waals surface area contributed by atoms with Crippen molar-refractivity contribution in [1.29, 1.82) is 0 Å². The van der Waals surface area contributed by atoms with Gasteiger partial charge in [-0.25, -0.2) is 0 Å². The standard InChI is InChI=1S/C18H23N3O5/c1-12(22)15-16(13-8-4-5-9-14(13)21(25)26)20(18(24)17(15)23)11-7-3-2-6-10-19/h4-5,8-9,16,23H,2-3,6-7,10-11,19H2,1H3. The number of para-hydroxylation sites is 1. The average Bonchev–Trinajstić information content (AvgIpc) is 2.86. The van der Waals surface area contributed by atoms with Gasteiger partial charge in [0.25, 0.3) is 11.6 Å². The van der Waals surface area contributed by atoms with Crippen LogP contribution in [0.2, 0.25) is 0 Å². The Morgan fingerprint density at radius 3 is 2.54 bits per heavy atom. The average molecular weight is 361 g/mol. The van der Waals surface area contributed by atoms with Gasteiger partial charge in [-0.3, -0.25) is 19.7 Å². The topological polar surface area (TPSA) is 127 Å². The maximum atomic E-state index is 12.5. The molecule has 0 fully saturated rings. The summed E-state index contributed by atoms with van der Waals surface area (Å²) in [5.41, 5.74) is 5.41. The number of Topliss-reactive ketones (excluding diaryl/α,β-unsaturated/α-hetero) is 1. The number of rotatable bonds is 9. The molecule has 3 N–H and O–H groups in total. The molecule has 1 aliphatic rings. The molecule has 0 radical (unpaired) electrons. The third-order valence-corrected chi connectivity index (χ3v) is 4.46. The van der Waals surface area contributed by atoms with Crippen molar-refractivity contribution in [3.63, 3.8) is 0 Å². The molecule has 1 aliphatic heterocycles. The fraction of sp³-hybridized carbons (Fsp3) is 0.444. The van der Waals surface area contributed by atoms with E-state index in [9.17, 15) is 24.8 Å². The number of nitrogens with zero attached hydrogens (tertiary/aromatic N) is 2. The number of aliphatic hydroxyl groups excluding tert-OH is 1. The number of amides is 1. The Morgan fingerprint density at radius 1 is 1.27 bits per heavy atom. The minimum atomic E-state index is -0.948. The lowest BCUT2D eigenvalue weighted by Crippen LogP contribution is -2.32. The maximum absolute atomic E-state index is 12.5. The number of aliphatic hydroxyl groups is 1. The Bertz CT molecular complexity index is 744. The summed E-state index contributed by atoms with van der Waals surface area (Å²) in [7, 11) is 0. The molecule has 1 unspecified atom stereocenters. The van der Waals surface area contributed by atoms with E-state index in [2.05, 4.69) is 0 Å². The van der Waals surface area contributed by atoms with E-state index < -0.39 is 28.4 Å². The van der Waals surface area contributed by atoms with E-state index in [1.807, 2.05) is 0 Å². The zero-order valence-corrected chi connectivity index (χ0v) is 14.7. The maximum Gasteiger partial charge on any atom is 0.290 e. The molecule has 26 heavy (non-hydrogen) atoms. The third kappa shape index (κ3) is 3.91. The highest BCUT2D eigenvalue weighted by Crippen LogP contribution is 2.41. The lowest BCUT2D eigenvalue weighted by molar-refractivity contribution is -0.385. The van der Waals surface area contributed by atoms with E-state index >= 15 is 0 Å². The van der Waals surface area contributed by atoms with Crippen molar-refractivity contribution in [3.8, 4) is 0 Å². The smallest absolute Gasteiger partial charge is 0.290 e. The Balaban J connectivity index is 2.37. The first-order valence-electron chi connectivity index (χ1n) is 8.58. The van der Waals surface area contributed by atoms with Crippen LogP contribution in [0, 0.1) is 10.1 Å². The second-order valence-corrected chi connectivity index (χ2v) is 6.24. The normalized spacial score (nSPS) is 17.1. The quantitative estimate of drug-likeness (QED) is 0.395. The summed E-state index contributed by atoms with van der Waals surface area (Å²) in [4.78, 5) is 36.7. The second kappa shape index (κ2) is 8.57. The second-order valence-electron chi connectivity index (χ2n) is 6.24. The molecule has 0 saturated carbocycles. The van der Waals surface area contributed by atoms with Crippen molar-refractivity contribution in [2.75, 3.05) is 13.1 Å². The van der Waals surface area contributed by atoms with E-state index in [0.29, 0.717) is 19.5 Å². The summed E-state index contributed by atoms with van der Waals surface area (Å²) >= 11 is 0. The molecular formula is C18H23N3O5. The van der Waals surface area contributed by atoms with Crippen molar-refractivity contribution in [3.05, 3.63) is 51.3 Å². The van der Waals surface area contributed by atoms with Crippen molar-refractivity contribution in [1.82, 2.24) is 4.90 Å². The minimum Gasteiger partial charge on any atom is -0.503 e. The summed E-state index contributed by atoms with van der Waals surface area (Å²) in [5.74, 6) is -1.77. The van der Waals surface area contributed by atoms with Crippen LogP contribution >= 0.6 is 0 Å². The minimum absolute atomic E-state index is 0.0914. The van der Waals surface area contributed by atoms with Crippen molar-refractivity contribution < 1.29 is 19.6 Å². The number of unbranched alkanes of at least 4 members (excludes halogenated alkanes) is 3. The Hall–Kier alpha value is -2.74. The number of benzene rings is 1. The third-order valence-electron chi connectivity index (χ3n) is 4.46. The van der Waals surface area contributed by atoms with Gasteiger partial charge >= 0.3 is 0 Å². The molecule has 0 aromatic heterocycles. The summed E-state index contributed by atoms with van der Waals surface area (Å²) in [5, 5.41) is 21.6. The molecule has 1 aromatic rings. The van der Waals surface area contributed by atoms with Crippen LogP contribution in [0.3, 0.4) is 0 Å². The Labute approximate surface area is 151 Å². The first-order chi connectivity index (χ1) is 12.4. The number of hydrogen-bond acceptors (Lipinski definition) is 6. The number of nitro benzene ring substituents is 1. The van der Waals surface area contributed by atoms with Gasteiger partial charge in [-0.05, 0) is 32.4 Å². The molecule has 2 rings (SSSR count). The van der Waals surface area contributed by atoms with Crippen molar-refractivity contribution >= 4 is 17.4 Å². The van der Waals surface area contributed by atoms with E-state index in [1.165, 1.54) is 30.0 Å². The zero-order chi connectivity index (χ0) is 19.3. The molecular weight excluding hydrogens is 338 g/mol. The van der Waals surface area contributed by atoms with Crippen LogP contribution < -0.4 is 5.73 Å². The van der Waals surface area contributed by atoms with Gasteiger partial charge in [0.15, 0.2) is 11.5 Å². The van der Waals surface area contributed by atoms with Gasteiger partial charge in [-0.15, -0.1) is 0 Å². The van der Waals surface area contributed by atoms with Crippen LogP contribution in [-0.4, -0.2) is 39.7 Å². The number of nitrogens with two attached hydrogens (primary N) is 1. The van der Waals surface area contributed by atoms with Crippen LogP contribution in [0.25, 0.3) is 0 Å². The molecule has 1 aromatic carbocycles. The highest BCUT2D eigenvalue weighted by molar-refractivity contribution is 6.08. The fourth-order valence-electron chi connectivity index (χ4n) is 3.23. The van der Waals surface area contributed by atoms with Gasteiger partial charge in [0, 0.05) is 12.6 Å². The zero-order valence-electron chi connectivity index (χ0n) is 14.7. The summed E-state index contributed by atoms with van der Waals surface area (Å²) in [6.45, 7) is 2.13. The SMILES string of the molecule is CC(=O)C1=C(O)C(=O)N(CCCCCCN)C1c1ccccc1[N+](=O)[O-]. The molecule has 8 heteroatoms. The Morgan fingerprint density at radius 2 is 1.92 bits per heavy atom. The summed E-state index contributed by atoms with van der Waals surface area (Å²) in [6, 6.07) is 5.02. The molecule has 0 aliphatic carbocycles. The van der Waals surface area contributed by atoms with E-state index in [-0.39, 0.29) is 16.8 Å². The van der Waals surface area contributed by atoms with Crippen molar-refractivity contribution in [2.45, 2.75) is 38.6 Å². The predicted molar refractivity (Wildman–Crippen MR) is 95.4 cm³/mol. The van der Waals surface area contributed by atoms with Gasteiger partial charge in [0.05, 0.1) is 22.1 Å². The van der Waals surface area contributed by atoms with Crippen LogP contribution in [0.4, 0.5) is 5.69 Å². The summed E-state index contributed by atoms with van der Waals surface area (Å²) < 4.78 is 0. The number of carbonyl (C=O) groups excluding carboxylic acids is 2. The predicted octanol–water partition coefficient (Wildman–Crippen LogP) is 2.40. The number of hydrogen-bond donors (Lipinski definition) is 2. The fourth-order valence-corrected chi connectivity index (χ4v) is 3.23. The summed E-state index contributed by atoms with van der Waals surface area (Å²) in [6.07, 6.45) is 3.28. The van der Waals surface area contributed by atoms with Gasteiger partial charge in [-0.2, -0.15) is 0 Å². The van der Waals surface area contributed by atoms with Gasteiger partial charge in [0.1, 0.15) is 0 Å². The first kappa shape index (κ1) is 19.6. The lowest BCUT2D eigenvalue weighted by Gasteiger charge is -2.26. The molecule has 0 spiro atoms. The molecule has 1 amide bonds. The van der Waals surface area contributed by atoms with Crippen LogP contribution in [0.1, 0.15) is 44.2 Å². The highest BCUT2D eigenvalue weighted by atomic mass is 16.6. The lowest BCUT2D eigenvalue weighted by atomic mass is 9.95. The highest BCUT2D eigenvalue weighted by Gasteiger charge is 2.44. The van der Waals surface area contributed by atoms with E-state index in [4.69, 9.17) is 5.73 Å². The van der Waals surface area contributed by atoms with Crippen LogP contribution in [0.15, 0.2) is 35.6 Å². The molecule has 0 saturated heterocycles. The van der Waals surface area contributed by atoms with E-state index in [1.54, 1.807) is 6.07 Å². The first-order valence-corrected chi connectivity index (χ1v) is 8.58. The Kier molecular flexibility index (Phi) is 6.46. The van der Waals surface area contributed by atoms with Gasteiger partial charge in [-0.1, -0.05) is 25.0 Å². The van der Waals surface area contributed by atoms with Crippen molar-refractivity contribution in [2.24, 2.45) is 5.73 Å².